The number of halogens is 1. The van der Waals surface area contributed by atoms with Gasteiger partial charge in [-0.3, -0.25) is 0 Å². The van der Waals surface area contributed by atoms with E-state index in [0.29, 0.717) is 11.1 Å². The van der Waals surface area contributed by atoms with Gasteiger partial charge in [-0.15, -0.1) is 0 Å². The normalized spacial score (nSPS) is 10.1. The zero-order chi connectivity index (χ0) is 19.4. The van der Waals surface area contributed by atoms with E-state index >= 15 is 0 Å². The number of rotatable bonds is 4. The minimum absolute atomic E-state index is 0.369. The Morgan fingerprint density at radius 1 is 1.20 bits per heavy atom. The van der Waals surface area contributed by atoms with Crippen molar-refractivity contribution in [2.75, 3.05) is 0 Å². The predicted octanol–water partition coefficient (Wildman–Crippen LogP) is 7.71. The molecule has 1 heterocycles. The summed E-state index contributed by atoms with van der Waals surface area (Å²) >= 11 is 1.60. The molecular weight excluding hydrogens is 331 g/mol. The average molecular weight is 361 g/mol. The van der Waals surface area contributed by atoms with E-state index in [1.165, 1.54) is 12.5 Å². The molecule has 1 aromatic heterocycles. The van der Waals surface area contributed by atoms with Crippen molar-refractivity contribution in [3.63, 3.8) is 0 Å². The van der Waals surface area contributed by atoms with Crippen LogP contribution in [0, 0.1) is 5.82 Å². The highest BCUT2D eigenvalue weighted by Crippen LogP contribution is 2.32. The number of phenolic OH excluding ortho intramolecular Hbond substituents is 1. The monoisotopic (exact) mass is 360 g/mol. The molecule has 2 aromatic rings. The lowest BCUT2D eigenvalue weighted by Crippen LogP contribution is -1.89. The SMILES string of the molecule is C=C(/C=C(\C)C(=C)c1cccc(F)c1O)c1ccsc1.CC.CCC. The summed E-state index contributed by atoms with van der Waals surface area (Å²) in [6, 6.07) is 6.40. The first-order chi connectivity index (χ1) is 11.9. The quantitative estimate of drug-likeness (QED) is 0.554. The van der Waals surface area contributed by atoms with Gasteiger partial charge in [0.1, 0.15) is 0 Å². The number of thiophene rings is 1. The Balaban J connectivity index is 0.00000104. The van der Waals surface area contributed by atoms with Gasteiger partial charge in [0.25, 0.3) is 0 Å². The molecule has 1 nitrogen and oxygen atoms in total. The molecule has 3 heteroatoms. The largest absolute Gasteiger partial charge is 0.504 e. The fourth-order valence-electron chi connectivity index (χ4n) is 1.85. The van der Waals surface area contributed by atoms with Crippen LogP contribution in [0.25, 0.3) is 11.1 Å². The summed E-state index contributed by atoms with van der Waals surface area (Å²) < 4.78 is 13.4. The van der Waals surface area contributed by atoms with Crippen LogP contribution >= 0.6 is 11.3 Å². The molecular formula is C22H29FOS. The van der Waals surface area contributed by atoms with Gasteiger partial charge in [0, 0.05) is 5.56 Å². The summed E-state index contributed by atoms with van der Waals surface area (Å²) in [4.78, 5) is 0. The first kappa shape index (κ1) is 22.9. The van der Waals surface area contributed by atoms with Gasteiger partial charge < -0.3 is 5.11 Å². The zero-order valence-corrected chi connectivity index (χ0v) is 16.7. The Morgan fingerprint density at radius 2 is 1.80 bits per heavy atom. The third-order valence-corrected chi connectivity index (χ3v) is 3.75. The molecule has 0 radical (unpaired) electrons. The molecule has 1 aromatic carbocycles. The third kappa shape index (κ3) is 7.10. The highest BCUT2D eigenvalue weighted by Gasteiger charge is 2.11. The molecule has 0 saturated heterocycles. The van der Waals surface area contributed by atoms with E-state index < -0.39 is 5.82 Å². The second kappa shape index (κ2) is 12.3. The summed E-state index contributed by atoms with van der Waals surface area (Å²) in [5.41, 5.74) is 3.73. The smallest absolute Gasteiger partial charge is 0.165 e. The van der Waals surface area contributed by atoms with Crippen molar-refractivity contribution in [2.45, 2.75) is 41.0 Å². The molecule has 0 aliphatic rings. The lowest BCUT2D eigenvalue weighted by atomic mass is 9.97. The minimum atomic E-state index is -0.645. The molecule has 2 rings (SSSR count). The highest BCUT2D eigenvalue weighted by molar-refractivity contribution is 7.08. The van der Waals surface area contributed by atoms with Gasteiger partial charge in [-0.2, -0.15) is 11.3 Å². The number of benzene rings is 1. The maximum absolute atomic E-state index is 13.4. The van der Waals surface area contributed by atoms with Crippen LogP contribution < -0.4 is 0 Å². The van der Waals surface area contributed by atoms with Crippen molar-refractivity contribution in [1.82, 2.24) is 0 Å². The number of para-hydroxylation sites is 1. The standard InChI is InChI=1S/C17H15FOS.C3H8.C2H6/c1-11(9-12(2)14-7-8-20-10-14)13(3)15-5-4-6-16(18)17(15)19;1-3-2;1-2/h4-10,19H,2-3H2,1H3;3H2,1-2H3;1-2H3/b11-9+;;. The molecule has 1 N–H and O–H groups in total. The van der Waals surface area contributed by atoms with E-state index in [1.54, 1.807) is 23.5 Å². The van der Waals surface area contributed by atoms with Gasteiger partial charge in [0.15, 0.2) is 11.6 Å². The van der Waals surface area contributed by atoms with E-state index in [4.69, 9.17) is 0 Å². The number of aromatic hydroxyl groups is 1. The number of phenols is 1. The first-order valence-electron chi connectivity index (χ1n) is 8.49. The second-order valence-electron chi connectivity index (χ2n) is 5.19. The van der Waals surface area contributed by atoms with Crippen molar-refractivity contribution in [3.8, 4) is 5.75 Å². The van der Waals surface area contributed by atoms with Crippen molar-refractivity contribution in [2.24, 2.45) is 0 Å². The van der Waals surface area contributed by atoms with Crippen molar-refractivity contribution in [1.29, 1.82) is 0 Å². The van der Waals surface area contributed by atoms with Crippen molar-refractivity contribution in [3.05, 3.63) is 76.8 Å². The fraction of sp³-hybridized carbons (Fsp3) is 0.273. The second-order valence-corrected chi connectivity index (χ2v) is 5.97. The van der Waals surface area contributed by atoms with Crippen LogP contribution in [-0.2, 0) is 0 Å². The molecule has 25 heavy (non-hydrogen) atoms. The Labute approximate surface area is 155 Å². The Bertz CT molecular complexity index is 697. The molecule has 0 spiro atoms. The van der Waals surface area contributed by atoms with Gasteiger partial charge >= 0.3 is 0 Å². The van der Waals surface area contributed by atoms with E-state index in [1.807, 2.05) is 43.7 Å². The Hall–Kier alpha value is -2.13. The van der Waals surface area contributed by atoms with E-state index in [9.17, 15) is 9.50 Å². The number of hydrogen-bond donors (Lipinski definition) is 1. The lowest BCUT2D eigenvalue weighted by molar-refractivity contribution is 0.431. The van der Waals surface area contributed by atoms with Crippen LogP contribution in [0.5, 0.6) is 5.75 Å². The zero-order valence-electron chi connectivity index (χ0n) is 15.9. The molecule has 0 fully saturated rings. The Kier molecular flexibility index (Phi) is 11.2. The van der Waals surface area contributed by atoms with Crippen LogP contribution in [0.2, 0.25) is 0 Å². The molecule has 136 valence electrons. The molecule has 0 bridgehead atoms. The van der Waals surface area contributed by atoms with E-state index in [2.05, 4.69) is 27.0 Å². The maximum atomic E-state index is 13.4. The van der Waals surface area contributed by atoms with Gasteiger partial charge in [-0.1, -0.05) is 65.5 Å². The predicted molar refractivity (Wildman–Crippen MR) is 112 cm³/mol. The summed E-state index contributed by atoms with van der Waals surface area (Å²) in [5, 5.41) is 13.7. The molecule has 0 saturated carbocycles. The first-order valence-corrected chi connectivity index (χ1v) is 9.43. The topological polar surface area (TPSA) is 20.2 Å². The maximum Gasteiger partial charge on any atom is 0.165 e. The van der Waals surface area contributed by atoms with Crippen LogP contribution in [0.3, 0.4) is 0 Å². The summed E-state index contributed by atoms with van der Waals surface area (Å²) in [7, 11) is 0. The van der Waals surface area contributed by atoms with Crippen LogP contribution in [0.15, 0.2) is 59.8 Å². The van der Waals surface area contributed by atoms with Crippen LogP contribution in [-0.4, -0.2) is 5.11 Å². The highest BCUT2D eigenvalue weighted by atomic mass is 32.1. The number of allylic oxidation sites excluding steroid dienone is 4. The minimum Gasteiger partial charge on any atom is -0.504 e. The van der Waals surface area contributed by atoms with Crippen molar-refractivity contribution < 1.29 is 9.50 Å². The Morgan fingerprint density at radius 3 is 2.32 bits per heavy atom. The van der Waals surface area contributed by atoms with E-state index in [-0.39, 0.29) is 5.75 Å². The molecule has 0 unspecified atom stereocenters. The third-order valence-electron chi connectivity index (χ3n) is 3.07. The van der Waals surface area contributed by atoms with E-state index in [0.717, 1.165) is 16.7 Å². The number of hydrogen-bond acceptors (Lipinski definition) is 2. The molecule has 0 amide bonds. The molecule has 0 atom stereocenters. The summed E-state index contributed by atoms with van der Waals surface area (Å²) in [6.07, 6.45) is 3.13. The summed E-state index contributed by atoms with van der Waals surface area (Å²) in [5.74, 6) is -1.01. The molecule has 0 aliphatic heterocycles. The molecule has 0 aliphatic carbocycles. The van der Waals surface area contributed by atoms with Crippen molar-refractivity contribution >= 4 is 22.5 Å². The van der Waals surface area contributed by atoms with Gasteiger partial charge in [0.2, 0.25) is 0 Å². The summed E-state index contributed by atoms with van der Waals surface area (Å²) in [6.45, 7) is 18.0. The van der Waals surface area contributed by atoms with Gasteiger partial charge in [-0.05, 0) is 52.1 Å². The van der Waals surface area contributed by atoms with Gasteiger partial charge in [0.05, 0.1) is 0 Å². The average Bonchev–Trinajstić information content (AvgIpc) is 3.14. The van der Waals surface area contributed by atoms with Crippen LogP contribution in [0.1, 0.15) is 52.2 Å². The lowest BCUT2D eigenvalue weighted by Gasteiger charge is -2.10. The van der Waals surface area contributed by atoms with Gasteiger partial charge in [-0.25, -0.2) is 4.39 Å². The van der Waals surface area contributed by atoms with Crippen LogP contribution in [0.4, 0.5) is 4.39 Å². The fourth-order valence-corrected chi connectivity index (χ4v) is 2.53.